The first kappa shape index (κ1) is 48.7. The smallest absolute Gasteiger partial charge is 1.00 e. The molecule has 0 radical (unpaired) electrons. The summed E-state index contributed by atoms with van der Waals surface area (Å²) in [7, 11) is -3.28. The second-order valence-electron chi connectivity index (χ2n) is 16.0. The third-order valence-electron chi connectivity index (χ3n) is 12.2. The maximum absolute atomic E-state index is 3.82. The molecule has 10 rings (SSSR count). The molecule has 0 heterocycles. The van der Waals surface area contributed by atoms with Crippen molar-refractivity contribution in [3.63, 3.8) is 0 Å². The molecule has 5 heteroatoms. The first-order valence-corrected chi connectivity index (χ1v) is 23.2. The molecule has 0 unspecified atom stereocenters. The zero-order valence-electron chi connectivity index (χ0n) is 35.9. The van der Waals surface area contributed by atoms with Gasteiger partial charge in [0.1, 0.15) is 0 Å². The van der Waals surface area contributed by atoms with Gasteiger partial charge in [0.05, 0.1) is 8.07 Å². The molecule has 0 spiro atoms. The van der Waals surface area contributed by atoms with E-state index < -0.39 is 8.07 Å². The second-order valence-corrected chi connectivity index (χ2v) is 19.7. The maximum atomic E-state index is 3.82. The molecule has 0 fully saturated rings. The summed E-state index contributed by atoms with van der Waals surface area (Å²) in [4.78, 5) is 0. The fraction of sp³-hybridized carbons (Fsp3) is 0.0333. The molecule has 1 aliphatic rings. The normalized spacial score (nSPS) is 11.7. The summed E-state index contributed by atoms with van der Waals surface area (Å²) in [6.07, 6.45) is 7.10. The minimum absolute atomic E-state index is 0. The van der Waals surface area contributed by atoms with E-state index in [0.717, 1.165) is 6.42 Å². The van der Waals surface area contributed by atoms with Crippen molar-refractivity contribution >= 4 is 23.6 Å². The second kappa shape index (κ2) is 22.0. The van der Waals surface area contributed by atoms with E-state index in [0.29, 0.717) is 0 Å². The molecule has 0 N–H and O–H groups in total. The van der Waals surface area contributed by atoms with Crippen LogP contribution in [0, 0.1) is 6.08 Å². The predicted octanol–water partition coefficient (Wildman–Crippen LogP) is 4.79. The summed E-state index contributed by atoms with van der Waals surface area (Å²) in [5.74, 6) is 0. The van der Waals surface area contributed by atoms with Crippen molar-refractivity contribution in [2.45, 2.75) is 13.3 Å². The Morgan fingerprint density at radius 3 is 0.708 bits per heavy atom. The molecule has 9 aromatic rings. The third kappa shape index (κ3) is 9.93. The van der Waals surface area contributed by atoms with Gasteiger partial charge >= 0.3 is 21.7 Å². The first-order chi connectivity index (χ1) is 30.1. The van der Waals surface area contributed by atoms with Crippen molar-refractivity contribution in [3.8, 4) is 66.8 Å². The van der Waals surface area contributed by atoms with Gasteiger partial charge in [0.25, 0.3) is 0 Å². The minimum atomic E-state index is -3.28. The van der Waals surface area contributed by atoms with Crippen LogP contribution >= 0.6 is 0 Å². The van der Waals surface area contributed by atoms with E-state index in [-0.39, 0.29) is 58.9 Å². The molecule has 314 valence electrons. The number of hydrogen-bond donors (Lipinski definition) is 0. The first-order valence-electron chi connectivity index (χ1n) is 21.2. The Bertz CT molecular complexity index is 2550. The third-order valence-corrected chi connectivity index (χ3v) is 17.1. The summed E-state index contributed by atoms with van der Waals surface area (Å²) < 4.78 is 0. The monoisotopic (exact) mass is 946 g/mol. The van der Waals surface area contributed by atoms with Gasteiger partial charge in [0, 0.05) is 0 Å². The van der Waals surface area contributed by atoms with Crippen LogP contribution in [-0.2, 0) is 21.7 Å². The Morgan fingerprint density at radius 1 is 0.308 bits per heavy atom. The molecule has 0 saturated heterocycles. The van der Waals surface area contributed by atoms with E-state index in [2.05, 4.69) is 256 Å². The topological polar surface area (TPSA) is 0 Å². The van der Waals surface area contributed by atoms with Gasteiger partial charge in [-0.2, -0.15) is 11.3 Å². The fourth-order valence-electron chi connectivity index (χ4n) is 9.27. The van der Waals surface area contributed by atoms with Crippen LogP contribution in [0.25, 0.3) is 66.8 Å². The SMILES string of the molecule is CC1=[C-]CC=C1[Si](c1cc(-c2ccccc2)cc(-c2ccccc2)c1)(c1cc(-c2ccccc2)cc(-c2ccccc2)c1)c1cc(-c2ccccc2)cc(-c2ccccc2)c1.[Cl-].[Cl-].[Cl-].[Ti+4]. The van der Waals surface area contributed by atoms with Crippen LogP contribution in [0.2, 0.25) is 0 Å². The Labute approximate surface area is 419 Å². The maximum Gasteiger partial charge on any atom is 4.00 e. The summed E-state index contributed by atoms with van der Waals surface area (Å²) >= 11 is 0. The van der Waals surface area contributed by atoms with Gasteiger partial charge in [-0.1, -0.05) is 241 Å². The Kier molecular flexibility index (Phi) is 16.5. The molecule has 0 saturated carbocycles. The molecule has 0 bridgehead atoms. The van der Waals surface area contributed by atoms with Crippen molar-refractivity contribution in [1.82, 2.24) is 0 Å². The Balaban J connectivity index is 0.00000175. The van der Waals surface area contributed by atoms with Crippen LogP contribution < -0.4 is 52.8 Å². The molecular weight excluding hydrogens is 903 g/mol. The van der Waals surface area contributed by atoms with Crippen LogP contribution in [0.3, 0.4) is 0 Å². The van der Waals surface area contributed by atoms with Crippen LogP contribution in [0.1, 0.15) is 13.3 Å². The van der Waals surface area contributed by atoms with Gasteiger partial charge in [-0.15, -0.1) is 6.42 Å². The van der Waals surface area contributed by atoms with E-state index in [9.17, 15) is 0 Å². The Hall–Kier alpha value is -5.74. The largest absolute Gasteiger partial charge is 4.00 e. The fourth-order valence-corrected chi connectivity index (χ4v) is 14.5. The summed E-state index contributed by atoms with van der Waals surface area (Å²) in [5.41, 5.74) is 15.7. The summed E-state index contributed by atoms with van der Waals surface area (Å²) in [6, 6.07) is 87.8. The number of allylic oxidation sites excluding steroid dienone is 4. The van der Waals surface area contributed by atoms with E-state index in [1.165, 1.54) is 93.1 Å². The van der Waals surface area contributed by atoms with Crippen molar-refractivity contribution in [2.24, 2.45) is 0 Å². The summed E-state index contributed by atoms with van der Waals surface area (Å²) in [6.45, 7) is 2.29. The van der Waals surface area contributed by atoms with E-state index >= 15 is 0 Å². The molecular formula is C60H45Cl3SiTi. The predicted molar refractivity (Wildman–Crippen MR) is 262 cm³/mol. The van der Waals surface area contributed by atoms with Gasteiger partial charge in [-0.25, -0.2) is 5.57 Å². The quantitative estimate of drug-likeness (QED) is 0.105. The average Bonchev–Trinajstić information content (AvgIpc) is 3.78. The van der Waals surface area contributed by atoms with Crippen molar-refractivity contribution in [1.29, 1.82) is 0 Å². The molecule has 0 nitrogen and oxygen atoms in total. The minimum Gasteiger partial charge on any atom is -1.00 e. The van der Waals surface area contributed by atoms with E-state index in [1.807, 2.05) is 0 Å². The van der Waals surface area contributed by atoms with Gasteiger partial charge in [-0.3, -0.25) is 6.08 Å². The molecule has 65 heavy (non-hydrogen) atoms. The standard InChI is InChI=1S/C60H45Si.3ClH.Ti/c1-44-21-20-34-60(44)61(57-38-51(45-22-8-2-9-23-45)35-52(39-57)46-24-10-3-11-25-46,58-40-53(47-26-12-4-13-27-47)36-54(41-58)48-28-14-5-15-29-48)59-42-55(49-30-16-6-17-31-49)37-56(43-59)50-32-18-7-19-33-50;;;;/h2-19,22-43H,20H2,1H3;3*1H;/q-1;;;;+4/p-3. The number of hydrogen-bond acceptors (Lipinski definition) is 0. The van der Waals surface area contributed by atoms with Crippen molar-refractivity contribution in [2.75, 3.05) is 0 Å². The van der Waals surface area contributed by atoms with Crippen molar-refractivity contribution in [3.05, 3.63) is 260 Å². The van der Waals surface area contributed by atoms with Crippen LogP contribution in [0.4, 0.5) is 0 Å². The summed E-state index contributed by atoms with van der Waals surface area (Å²) in [5, 5.41) is 5.42. The molecule has 0 aromatic heterocycles. The molecule has 0 amide bonds. The van der Waals surface area contributed by atoms with Gasteiger partial charge in [0.15, 0.2) is 0 Å². The van der Waals surface area contributed by atoms with Crippen LogP contribution in [0.15, 0.2) is 253 Å². The number of halogens is 3. The van der Waals surface area contributed by atoms with Gasteiger partial charge in [0.2, 0.25) is 0 Å². The van der Waals surface area contributed by atoms with Gasteiger partial charge in [-0.05, 0) is 85.0 Å². The van der Waals surface area contributed by atoms with Crippen molar-refractivity contribution < 1.29 is 58.9 Å². The van der Waals surface area contributed by atoms with Crippen LogP contribution in [-0.4, -0.2) is 8.07 Å². The number of benzene rings is 9. The Morgan fingerprint density at radius 2 is 0.523 bits per heavy atom. The molecule has 9 aromatic carbocycles. The van der Waals surface area contributed by atoms with E-state index in [4.69, 9.17) is 0 Å². The average molecular weight is 948 g/mol. The molecule has 0 atom stereocenters. The zero-order valence-corrected chi connectivity index (χ0v) is 40.8. The number of rotatable bonds is 10. The van der Waals surface area contributed by atoms with Gasteiger partial charge < -0.3 is 37.2 Å². The van der Waals surface area contributed by atoms with Crippen LogP contribution in [0.5, 0.6) is 0 Å². The zero-order chi connectivity index (χ0) is 41.0. The van der Waals surface area contributed by atoms with E-state index in [1.54, 1.807) is 0 Å². The molecule has 1 aliphatic carbocycles. The molecule has 0 aliphatic heterocycles.